The molecule has 0 aliphatic carbocycles. The Kier molecular flexibility index (Phi) is 3.10. The first-order valence-electron chi connectivity index (χ1n) is 6.01. The fourth-order valence-electron chi connectivity index (χ4n) is 2.08. The first kappa shape index (κ1) is 14.1. The van der Waals surface area contributed by atoms with Gasteiger partial charge in [-0.3, -0.25) is 4.79 Å². The zero-order valence-electron chi connectivity index (χ0n) is 10.8. The van der Waals surface area contributed by atoms with Gasteiger partial charge in [0.1, 0.15) is 16.1 Å². The second-order valence-corrected chi connectivity index (χ2v) is 5.93. The highest BCUT2D eigenvalue weighted by Crippen LogP contribution is 2.22. The lowest BCUT2D eigenvalue weighted by Gasteiger charge is -2.04. The fraction of sp³-hybridized carbons (Fsp3) is 0. The van der Waals surface area contributed by atoms with Crippen molar-refractivity contribution in [1.82, 2.24) is 0 Å². The summed E-state index contributed by atoms with van der Waals surface area (Å²) in [6.07, 6.45) is -1.94. The molecular weight excluding hydrogens is 312 g/mol. The zero-order chi connectivity index (χ0) is 15.9. The molecule has 0 aliphatic heterocycles. The van der Waals surface area contributed by atoms with Gasteiger partial charge >= 0.3 is 16.3 Å². The molecule has 22 heavy (non-hydrogen) atoms. The van der Waals surface area contributed by atoms with Gasteiger partial charge in [0.25, 0.3) is 0 Å². The van der Waals surface area contributed by atoms with Crippen LogP contribution in [0, 0.1) is 0 Å². The van der Waals surface area contributed by atoms with Crippen LogP contribution < -0.4 is 5.43 Å². The van der Waals surface area contributed by atoms with Gasteiger partial charge in [0.15, 0.2) is 0 Å². The van der Waals surface area contributed by atoms with Crippen molar-refractivity contribution < 1.29 is 26.9 Å². The molecule has 0 spiro atoms. The van der Waals surface area contributed by atoms with Crippen molar-refractivity contribution in [2.75, 3.05) is 0 Å². The molecule has 0 unspecified atom stereocenters. The van der Waals surface area contributed by atoms with E-state index in [1.165, 1.54) is 6.07 Å². The van der Waals surface area contributed by atoms with E-state index in [1.54, 1.807) is 24.3 Å². The molecule has 8 heteroatoms. The van der Waals surface area contributed by atoms with Gasteiger partial charge in [-0.15, -0.1) is 0 Å². The molecule has 1 N–H and O–H groups in total. The maximum absolute atomic E-state index is 12.3. The van der Waals surface area contributed by atoms with Gasteiger partial charge in [-0.1, -0.05) is 12.1 Å². The Labute approximate surface area is 123 Å². The van der Waals surface area contributed by atoms with Crippen molar-refractivity contribution in [3.8, 4) is 0 Å². The Morgan fingerprint density at radius 3 is 2.45 bits per heavy atom. The van der Waals surface area contributed by atoms with Gasteiger partial charge in [0.2, 0.25) is 5.43 Å². The number of benzene rings is 2. The third-order valence-corrected chi connectivity index (χ3v) is 4.21. The van der Waals surface area contributed by atoms with E-state index < -0.39 is 21.2 Å². The van der Waals surface area contributed by atoms with E-state index in [9.17, 15) is 18.0 Å². The van der Waals surface area contributed by atoms with Crippen molar-refractivity contribution in [3.63, 3.8) is 0 Å². The first-order chi connectivity index (χ1) is 10.4. The maximum Gasteiger partial charge on any atom is 0.522 e. The minimum absolute atomic E-state index is 0.0266. The first-order valence-corrected chi connectivity index (χ1v) is 7.42. The molecule has 112 valence electrons. The van der Waals surface area contributed by atoms with Gasteiger partial charge < -0.3 is 13.7 Å². The van der Waals surface area contributed by atoms with E-state index in [0.717, 1.165) is 12.1 Å². The third-order valence-electron chi connectivity index (χ3n) is 3.02. The molecule has 7 nitrogen and oxygen atoms in total. The van der Waals surface area contributed by atoms with Crippen LogP contribution in [0.25, 0.3) is 21.9 Å². The molecule has 0 radical (unpaired) electrons. The molecule has 0 fully saturated rings. The Balaban J connectivity index is 2.29. The van der Waals surface area contributed by atoms with Crippen LogP contribution in [0.2, 0.25) is 0 Å². The second kappa shape index (κ2) is 4.85. The molecule has 2 aromatic carbocycles. The Bertz CT molecular complexity index is 1060. The predicted octanol–water partition coefficient (Wildman–Crippen LogP) is 2.33. The highest BCUT2D eigenvalue weighted by atomic mass is 32.2. The van der Waals surface area contributed by atoms with Gasteiger partial charge in [0, 0.05) is 6.07 Å². The predicted molar refractivity (Wildman–Crippen MR) is 76.3 cm³/mol. The van der Waals surface area contributed by atoms with Crippen LogP contribution in [0.15, 0.2) is 56.6 Å². The molecule has 3 aromatic rings. The summed E-state index contributed by atoms with van der Waals surface area (Å²) in [7, 11) is -4.48. The van der Waals surface area contributed by atoms with Gasteiger partial charge in [-0.05, 0) is 24.3 Å². The molecule has 3 rings (SSSR count). The van der Waals surface area contributed by atoms with Gasteiger partial charge in [0.05, 0.1) is 10.8 Å². The number of carboxylic acid groups (broad SMARTS) is 1. The minimum atomic E-state index is -4.48. The van der Waals surface area contributed by atoms with E-state index in [2.05, 4.69) is 4.18 Å². The molecule has 0 saturated carbocycles. The average Bonchev–Trinajstić information content (AvgIpc) is 2.45. The smallest absolute Gasteiger partial charge is 0.456 e. The lowest BCUT2D eigenvalue weighted by Crippen LogP contribution is -2.11. The number of fused-ring (bicyclic) bond motifs is 2. The monoisotopic (exact) mass is 320 g/mol. The highest BCUT2D eigenvalue weighted by molar-refractivity contribution is 7.87. The number of para-hydroxylation sites is 1. The van der Waals surface area contributed by atoms with Crippen molar-refractivity contribution >= 4 is 38.2 Å². The van der Waals surface area contributed by atoms with Crippen LogP contribution in [-0.2, 0) is 14.3 Å². The van der Waals surface area contributed by atoms with E-state index in [-0.39, 0.29) is 16.4 Å². The topological polar surface area (TPSA) is 111 Å². The lowest BCUT2D eigenvalue weighted by molar-refractivity contribution is 0.147. The third kappa shape index (κ3) is 2.29. The van der Waals surface area contributed by atoms with Gasteiger partial charge in [-0.25, -0.2) is 4.79 Å². The summed E-state index contributed by atoms with van der Waals surface area (Å²) in [6.45, 7) is 0. The van der Waals surface area contributed by atoms with Crippen LogP contribution in [0.3, 0.4) is 0 Å². The molecule has 1 aromatic heterocycles. The summed E-state index contributed by atoms with van der Waals surface area (Å²) in [6, 6.07) is 9.93. The van der Waals surface area contributed by atoms with Crippen LogP contribution >= 0.6 is 0 Å². The Morgan fingerprint density at radius 1 is 1.05 bits per heavy atom. The SMILES string of the molecule is O=C(O)OS(=O)(=O)c1ccc2c(=O)c3ccccc3oc2c1. The normalized spacial score (nSPS) is 11.6. The van der Waals surface area contributed by atoms with Crippen LogP contribution in [0.1, 0.15) is 0 Å². The van der Waals surface area contributed by atoms with E-state index in [1.807, 2.05) is 0 Å². The average molecular weight is 320 g/mol. The molecule has 0 aliphatic rings. The minimum Gasteiger partial charge on any atom is -0.456 e. The lowest BCUT2D eigenvalue weighted by atomic mass is 10.1. The standard InChI is InChI=1S/C14H8O7S/c15-13-9-3-1-2-4-11(9)20-12-7-8(5-6-10(12)13)22(18,19)21-14(16)17/h1-7H,(H,16,17). The summed E-state index contributed by atoms with van der Waals surface area (Å²) >= 11 is 0. The molecule has 1 heterocycles. The summed E-state index contributed by atoms with van der Waals surface area (Å²) in [5.41, 5.74) is 0.0208. The quantitative estimate of drug-likeness (QED) is 0.569. The van der Waals surface area contributed by atoms with Crippen molar-refractivity contribution in [2.24, 2.45) is 0 Å². The largest absolute Gasteiger partial charge is 0.522 e. The van der Waals surface area contributed by atoms with Crippen molar-refractivity contribution in [2.45, 2.75) is 4.90 Å². The second-order valence-electron chi connectivity index (χ2n) is 4.39. The summed E-state index contributed by atoms with van der Waals surface area (Å²) < 4.78 is 32.8. The number of carbonyl (C=O) groups is 1. The molecule has 0 bridgehead atoms. The van der Waals surface area contributed by atoms with Crippen LogP contribution in [0.4, 0.5) is 4.79 Å². The molecule has 0 amide bonds. The van der Waals surface area contributed by atoms with Crippen molar-refractivity contribution in [3.05, 3.63) is 52.7 Å². The Hall–Kier alpha value is -2.87. The molecular formula is C14H8O7S. The number of hydrogen-bond acceptors (Lipinski definition) is 6. The maximum atomic E-state index is 12.3. The van der Waals surface area contributed by atoms with E-state index >= 15 is 0 Å². The van der Waals surface area contributed by atoms with Gasteiger partial charge in [-0.2, -0.15) is 8.42 Å². The van der Waals surface area contributed by atoms with Crippen LogP contribution in [-0.4, -0.2) is 19.7 Å². The summed E-state index contributed by atoms with van der Waals surface area (Å²) in [5.74, 6) is 0. The summed E-state index contributed by atoms with van der Waals surface area (Å²) in [5, 5.41) is 8.99. The molecule has 0 atom stereocenters. The number of hydrogen-bond donors (Lipinski definition) is 1. The number of rotatable bonds is 2. The highest BCUT2D eigenvalue weighted by Gasteiger charge is 2.21. The molecule has 0 saturated heterocycles. The van der Waals surface area contributed by atoms with E-state index in [4.69, 9.17) is 9.52 Å². The van der Waals surface area contributed by atoms with Crippen molar-refractivity contribution in [1.29, 1.82) is 0 Å². The zero-order valence-corrected chi connectivity index (χ0v) is 11.7. The van der Waals surface area contributed by atoms with E-state index in [0.29, 0.717) is 11.0 Å². The fourth-order valence-corrected chi connectivity index (χ4v) is 2.85. The Morgan fingerprint density at radius 2 is 1.73 bits per heavy atom. The van der Waals surface area contributed by atoms with Crippen LogP contribution in [0.5, 0.6) is 0 Å². The summed E-state index contributed by atoms with van der Waals surface area (Å²) in [4.78, 5) is 22.3.